The van der Waals surface area contributed by atoms with Gasteiger partial charge in [-0.3, -0.25) is 5.41 Å². The van der Waals surface area contributed by atoms with Gasteiger partial charge < -0.3 is 29.9 Å². The summed E-state index contributed by atoms with van der Waals surface area (Å²) in [4.78, 5) is 0. The maximum absolute atomic E-state index is 9.31. The van der Waals surface area contributed by atoms with Crippen molar-refractivity contribution >= 4 is 6.40 Å². The smallest absolute Gasteiger partial charge is 0.230 e. The monoisotopic (exact) mass is 207 g/mol. The van der Waals surface area contributed by atoms with E-state index in [2.05, 4.69) is 4.74 Å². The zero-order valence-corrected chi connectivity index (χ0v) is 7.28. The van der Waals surface area contributed by atoms with Crippen LogP contribution in [-0.4, -0.2) is 64.1 Å². The van der Waals surface area contributed by atoms with Crippen molar-refractivity contribution in [3.8, 4) is 0 Å². The topological polar surface area (TPSA) is 123 Å². The van der Waals surface area contributed by atoms with Gasteiger partial charge in [0.05, 0.1) is 6.61 Å². The maximum Gasteiger partial charge on any atom is 0.230 e. The molecule has 1 fully saturated rings. The van der Waals surface area contributed by atoms with Crippen LogP contribution >= 0.6 is 0 Å². The molecule has 1 aliphatic heterocycles. The first-order valence-electron chi connectivity index (χ1n) is 4.06. The van der Waals surface area contributed by atoms with Gasteiger partial charge in [-0.2, -0.15) is 0 Å². The third-order valence-electron chi connectivity index (χ3n) is 2.05. The number of hydrogen-bond donors (Lipinski definition) is 5. The van der Waals surface area contributed by atoms with Crippen LogP contribution in [0.2, 0.25) is 0 Å². The van der Waals surface area contributed by atoms with E-state index in [1.54, 1.807) is 0 Å². The molecule has 5 N–H and O–H groups in total. The second-order valence-electron chi connectivity index (χ2n) is 2.95. The summed E-state index contributed by atoms with van der Waals surface area (Å²) in [6.45, 7) is -0.511. The van der Waals surface area contributed by atoms with Gasteiger partial charge in [0.1, 0.15) is 24.4 Å². The van der Waals surface area contributed by atoms with Gasteiger partial charge in [0.25, 0.3) is 0 Å². The molecule has 0 aromatic rings. The molecule has 0 spiro atoms. The minimum absolute atomic E-state index is 0.511. The van der Waals surface area contributed by atoms with Crippen LogP contribution in [0.25, 0.3) is 0 Å². The van der Waals surface area contributed by atoms with E-state index < -0.39 is 37.3 Å². The first kappa shape index (κ1) is 11.3. The quantitative estimate of drug-likeness (QED) is 0.255. The van der Waals surface area contributed by atoms with Crippen LogP contribution in [-0.2, 0) is 9.47 Å². The molecule has 7 heteroatoms. The van der Waals surface area contributed by atoms with E-state index in [4.69, 9.17) is 15.3 Å². The SMILES string of the molecule is N=CO[C@@H]1O[C@H](CO)[C@@H](O)[C@H](O)[C@H]1O. The predicted molar refractivity (Wildman–Crippen MR) is 43.6 cm³/mol. The Kier molecular flexibility index (Phi) is 3.78. The Labute approximate surface area is 80.0 Å². The van der Waals surface area contributed by atoms with E-state index >= 15 is 0 Å². The second-order valence-corrected chi connectivity index (χ2v) is 2.95. The average Bonchev–Trinajstić information content (AvgIpc) is 2.19. The molecule has 0 bridgehead atoms. The Morgan fingerprint density at radius 2 is 1.86 bits per heavy atom. The van der Waals surface area contributed by atoms with Crippen LogP contribution in [0.15, 0.2) is 0 Å². The lowest BCUT2D eigenvalue weighted by molar-refractivity contribution is -0.280. The highest BCUT2D eigenvalue weighted by atomic mass is 16.7. The number of aliphatic hydroxyl groups is 4. The summed E-state index contributed by atoms with van der Waals surface area (Å²) in [5.74, 6) is 0. The number of ether oxygens (including phenoxy) is 2. The summed E-state index contributed by atoms with van der Waals surface area (Å²) in [6.07, 6.45) is -6.02. The molecule has 1 aliphatic rings. The molecule has 14 heavy (non-hydrogen) atoms. The first-order valence-corrected chi connectivity index (χ1v) is 4.06. The summed E-state index contributed by atoms with van der Waals surface area (Å²) < 4.78 is 9.42. The van der Waals surface area contributed by atoms with Gasteiger partial charge in [-0.25, -0.2) is 0 Å². The summed E-state index contributed by atoms with van der Waals surface area (Å²) in [6, 6.07) is 0. The van der Waals surface area contributed by atoms with Crippen LogP contribution < -0.4 is 0 Å². The van der Waals surface area contributed by atoms with E-state index in [1.807, 2.05) is 0 Å². The van der Waals surface area contributed by atoms with Gasteiger partial charge in [0.2, 0.25) is 6.29 Å². The van der Waals surface area contributed by atoms with E-state index in [9.17, 15) is 15.3 Å². The van der Waals surface area contributed by atoms with Gasteiger partial charge in [-0.15, -0.1) is 0 Å². The molecule has 0 unspecified atom stereocenters. The Hall–Kier alpha value is -0.730. The highest BCUT2D eigenvalue weighted by Gasteiger charge is 2.44. The average molecular weight is 207 g/mol. The Morgan fingerprint density at radius 3 is 2.36 bits per heavy atom. The lowest BCUT2D eigenvalue weighted by Crippen LogP contribution is -2.59. The van der Waals surface area contributed by atoms with Gasteiger partial charge in [0.15, 0.2) is 6.40 Å². The highest BCUT2D eigenvalue weighted by molar-refractivity contribution is 5.41. The number of aliphatic hydroxyl groups excluding tert-OH is 4. The van der Waals surface area contributed by atoms with Crippen LogP contribution in [0.5, 0.6) is 0 Å². The first-order chi connectivity index (χ1) is 6.61. The molecule has 1 heterocycles. The lowest BCUT2D eigenvalue weighted by atomic mass is 9.99. The normalized spacial score (nSPS) is 43.3. The van der Waals surface area contributed by atoms with Gasteiger partial charge in [-0.1, -0.05) is 0 Å². The third-order valence-corrected chi connectivity index (χ3v) is 2.05. The van der Waals surface area contributed by atoms with Crippen LogP contribution in [0, 0.1) is 5.41 Å². The predicted octanol–water partition coefficient (Wildman–Crippen LogP) is -2.59. The second kappa shape index (κ2) is 4.67. The highest BCUT2D eigenvalue weighted by Crippen LogP contribution is 2.21. The molecule has 82 valence electrons. The fraction of sp³-hybridized carbons (Fsp3) is 0.857. The molecular weight excluding hydrogens is 194 g/mol. The Balaban J connectivity index is 2.67. The molecule has 0 amide bonds. The fourth-order valence-corrected chi connectivity index (χ4v) is 1.25. The van der Waals surface area contributed by atoms with Gasteiger partial charge in [-0.05, 0) is 0 Å². The summed E-state index contributed by atoms with van der Waals surface area (Å²) in [5.41, 5.74) is 0. The van der Waals surface area contributed by atoms with Gasteiger partial charge >= 0.3 is 0 Å². The number of rotatable bonds is 3. The van der Waals surface area contributed by atoms with Gasteiger partial charge in [0, 0.05) is 0 Å². The van der Waals surface area contributed by atoms with E-state index in [-0.39, 0.29) is 0 Å². The zero-order chi connectivity index (χ0) is 10.7. The summed E-state index contributed by atoms with van der Waals surface area (Å²) in [7, 11) is 0. The Morgan fingerprint density at radius 1 is 1.21 bits per heavy atom. The van der Waals surface area contributed by atoms with Crippen molar-refractivity contribution in [2.45, 2.75) is 30.7 Å². The Bertz CT molecular complexity index is 199. The fourth-order valence-electron chi connectivity index (χ4n) is 1.25. The van der Waals surface area contributed by atoms with Crippen molar-refractivity contribution in [3.05, 3.63) is 0 Å². The van der Waals surface area contributed by atoms with Crippen molar-refractivity contribution < 1.29 is 29.9 Å². The third kappa shape index (κ3) is 2.02. The minimum Gasteiger partial charge on any atom is -0.452 e. The number of hydrogen-bond acceptors (Lipinski definition) is 7. The molecule has 0 saturated carbocycles. The molecule has 5 atom stereocenters. The molecule has 0 aromatic heterocycles. The number of nitrogens with one attached hydrogen (secondary N) is 1. The minimum atomic E-state index is -1.47. The zero-order valence-electron chi connectivity index (χ0n) is 7.28. The summed E-state index contributed by atoms with van der Waals surface area (Å²) >= 11 is 0. The maximum atomic E-state index is 9.31. The van der Waals surface area contributed by atoms with E-state index in [0.717, 1.165) is 0 Å². The van der Waals surface area contributed by atoms with Crippen molar-refractivity contribution in [2.75, 3.05) is 6.61 Å². The standard InChI is InChI=1S/C7H13NO6/c8-2-13-7-6(12)5(11)4(10)3(1-9)14-7/h2-12H,1H2/t3-,4-,5+,6-,7-/m1/s1. The van der Waals surface area contributed by atoms with Crippen molar-refractivity contribution in [1.82, 2.24) is 0 Å². The van der Waals surface area contributed by atoms with Crippen molar-refractivity contribution in [3.63, 3.8) is 0 Å². The molecule has 1 rings (SSSR count). The molecular formula is C7H13NO6. The molecule has 0 aliphatic carbocycles. The van der Waals surface area contributed by atoms with Crippen molar-refractivity contribution in [1.29, 1.82) is 5.41 Å². The largest absolute Gasteiger partial charge is 0.452 e. The molecule has 7 nitrogen and oxygen atoms in total. The van der Waals surface area contributed by atoms with Crippen LogP contribution in [0.3, 0.4) is 0 Å². The van der Waals surface area contributed by atoms with Crippen molar-refractivity contribution in [2.24, 2.45) is 0 Å². The lowest BCUT2D eigenvalue weighted by Gasteiger charge is -2.38. The molecule has 1 saturated heterocycles. The van der Waals surface area contributed by atoms with Crippen LogP contribution in [0.4, 0.5) is 0 Å². The summed E-state index contributed by atoms with van der Waals surface area (Å²) in [5, 5.41) is 43.3. The molecule has 0 radical (unpaired) electrons. The van der Waals surface area contributed by atoms with E-state index in [0.29, 0.717) is 6.40 Å². The van der Waals surface area contributed by atoms with E-state index in [1.165, 1.54) is 0 Å². The van der Waals surface area contributed by atoms with Crippen LogP contribution in [0.1, 0.15) is 0 Å². The molecule has 0 aromatic carbocycles.